The van der Waals surface area contributed by atoms with E-state index in [9.17, 15) is 0 Å². The van der Waals surface area contributed by atoms with Gasteiger partial charge in [0.2, 0.25) is 6.71 Å². The number of nitrogens with zero attached hydrogens (tertiary/aromatic N) is 6. The summed E-state index contributed by atoms with van der Waals surface area (Å²) in [7, 11) is 0. The molecule has 6 nitrogen and oxygen atoms in total. The molecule has 366 valence electrons. The number of rotatable bonds is 5. The van der Waals surface area contributed by atoms with Crippen LogP contribution >= 0.6 is 0 Å². The van der Waals surface area contributed by atoms with Crippen molar-refractivity contribution in [3.8, 4) is 11.4 Å². The van der Waals surface area contributed by atoms with Crippen LogP contribution in [0.4, 0.5) is 17.1 Å². The molecule has 14 aromatic rings. The molecule has 0 aliphatic carbocycles. The highest BCUT2D eigenvalue weighted by molar-refractivity contribution is 7.02. The molecule has 0 saturated heterocycles. The first-order valence-corrected chi connectivity index (χ1v) is 27.8. The Morgan fingerprint density at radius 3 is 1.19 bits per heavy atom. The van der Waals surface area contributed by atoms with Crippen LogP contribution in [0.1, 0.15) is 76.0 Å². The maximum absolute atomic E-state index is 2.70. The Hall–Kier alpha value is -8.87. The first-order chi connectivity index (χ1) is 37.8. The quantitative estimate of drug-likeness (QED) is 0.0959. The van der Waals surface area contributed by atoms with Crippen LogP contribution < -0.4 is 37.7 Å². The van der Waals surface area contributed by atoms with E-state index in [1.54, 1.807) is 0 Å². The third kappa shape index (κ3) is 5.42. The van der Waals surface area contributed by atoms with Crippen molar-refractivity contribution in [3.05, 3.63) is 217 Å². The molecule has 17 rings (SSSR count). The average Bonchev–Trinajstić information content (AvgIpc) is 3.65. The summed E-state index contributed by atoms with van der Waals surface area (Å²) in [5.41, 5.74) is 34.1. The van der Waals surface area contributed by atoms with Gasteiger partial charge < -0.3 is 27.2 Å². The van der Waals surface area contributed by atoms with Crippen LogP contribution in [-0.4, -0.2) is 35.8 Å². The molecule has 0 saturated carbocycles. The third-order valence-electron chi connectivity index (χ3n) is 18.0. The van der Waals surface area contributed by atoms with Crippen LogP contribution in [0.2, 0.25) is 0 Å². The Balaban J connectivity index is 1.14. The minimum atomic E-state index is -0.104. The third-order valence-corrected chi connectivity index (χ3v) is 18.0. The highest BCUT2D eigenvalue weighted by atomic mass is 15.2. The smallest absolute Gasteiger partial charge is 0.252 e. The zero-order chi connectivity index (χ0) is 51.3. The highest BCUT2D eigenvalue weighted by Crippen LogP contribution is 2.46. The van der Waals surface area contributed by atoms with E-state index in [0.717, 1.165) is 5.69 Å². The summed E-state index contributed by atoms with van der Waals surface area (Å²) >= 11 is 0. The van der Waals surface area contributed by atoms with E-state index in [1.807, 2.05) is 0 Å². The van der Waals surface area contributed by atoms with E-state index in [4.69, 9.17) is 0 Å². The van der Waals surface area contributed by atoms with Crippen LogP contribution in [0.15, 0.2) is 200 Å². The van der Waals surface area contributed by atoms with Gasteiger partial charge in [0.25, 0.3) is 6.71 Å². The van der Waals surface area contributed by atoms with Crippen molar-refractivity contribution in [3.63, 3.8) is 0 Å². The van der Waals surface area contributed by atoms with Crippen LogP contribution in [0.3, 0.4) is 0 Å². The first-order valence-electron chi connectivity index (χ1n) is 27.8. The molecule has 4 aromatic heterocycles. The van der Waals surface area contributed by atoms with Crippen LogP contribution in [0, 0.1) is 0 Å². The van der Waals surface area contributed by atoms with E-state index in [2.05, 4.69) is 269 Å². The van der Waals surface area contributed by atoms with Crippen LogP contribution in [0.5, 0.6) is 0 Å². The maximum Gasteiger partial charge on any atom is 0.252 e. The van der Waals surface area contributed by atoms with Crippen molar-refractivity contribution >= 4 is 135 Å². The van der Waals surface area contributed by atoms with Crippen LogP contribution in [0.25, 0.3) is 83.1 Å². The molecule has 10 aromatic carbocycles. The standard InChI is InChI=1S/C69H54B2N6/c1-40(2)43-36-45(41(3)4)63(46(37-43)42(5)6)70-47-24-10-12-26-51(47)72(44-22-8-7-9-23-44)61-39-62-50(38-49(61)70)71-48-25-11-13-27-52(48)73-53-28-14-15-29-54(53)74-55-30-16-18-32-57(55)76-58-33-19-17-31-56(58)75-59-34-20-21-35-60(59)77(62)66-64(71)65(73)67(74)69(76)68(66)75/h7-42H,1-6H3. The molecule has 0 radical (unpaired) electrons. The molecule has 0 spiro atoms. The van der Waals surface area contributed by atoms with Crippen molar-refractivity contribution < 1.29 is 0 Å². The molecule has 77 heavy (non-hydrogen) atoms. The summed E-state index contributed by atoms with van der Waals surface area (Å²) in [6, 6.07) is 76.6. The Kier molecular flexibility index (Phi) is 8.67. The minimum Gasteiger partial charge on any atom is -0.311 e. The number of hydrogen-bond donors (Lipinski definition) is 0. The number of anilines is 3. The van der Waals surface area contributed by atoms with Crippen molar-refractivity contribution in [1.29, 1.82) is 0 Å². The Labute approximate surface area is 447 Å². The van der Waals surface area contributed by atoms with Crippen molar-refractivity contribution in [2.75, 3.05) is 4.90 Å². The second kappa shape index (κ2) is 15.4. The van der Waals surface area contributed by atoms with Gasteiger partial charge >= 0.3 is 0 Å². The van der Waals surface area contributed by atoms with Gasteiger partial charge in [-0.2, -0.15) is 0 Å². The lowest BCUT2D eigenvalue weighted by molar-refractivity contribution is 0.812. The fourth-order valence-corrected chi connectivity index (χ4v) is 14.9. The molecule has 3 aliphatic heterocycles. The molecule has 0 atom stereocenters. The first kappa shape index (κ1) is 43.4. The predicted molar refractivity (Wildman–Crippen MR) is 327 cm³/mol. The lowest BCUT2D eigenvalue weighted by Gasteiger charge is -2.42. The molecule has 0 unspecified atom stereocenters. The Bertz CT molecular complexity index is 4900. The van der Waals surface area contributed by atoms with Gasteiger partial charge in [-0.1, -0.05) is 168 Å². The summed E-state index contributed by atoms with van der Waals surface area (Å²) in [5, 5.41) is 0. The zero-order valence-electron chi connectivity index (χ0n) is 44.1. The summed E-state index contributed by atoms with van der Waals surface area (Å²) in [6.45, 7) is 14.2. The van der Waals surface area contributed by atoms with Gasteiger partial charge in [-0.15, -0.1) is 0 Å². The second-order valence-electron chi connectivity index (χ2n) is 23.0. The maximum atomic E-state index is 2.70. The molecule has 0 N–H and O–H groups in total. The van der Waals surface area contributed by atoms with Gasteiger partial charge in [-0.3, -0.25) is 0 Å². The van der Waals surface area contributed by atoms with Gasteiger partial charge in [0.15, 0.2) is 0 Å². The van der Waals surface area contributed by atoms with E-state index in [0.29, 0.717) is 17.8 Å². The topological polar surface area (TPSA) is 26.3 Å². The number of fused-ring (bicyclic) bond motifs is 20. The lowest BCUT2D eigenvalue weighted by atomic mass is 9.30. The SMILES string of the molecule is CC(C)c1cc(C(C)C)c(B2c3ccccc3N(c3ccccc3)c3cc4c(cc32)B2c3ccccc3-n3c5ccccc5n5c6ccccc6n6c7ccccc7n7c8ccccc8n-4c4c2c3c5c6c47)c(C(C)C)c1. The number of aromatic nitrogens is 5. The Morgan fingerprint density at radius 2 is 0.688 bits per heavy atom. The van der Waals surface area contributed by atoms with Crippen molar-refractivity contribution in [2.24, 2.45) is 0 Å². The fraction of sp³-hybridized carbons (Fsp3) is 0.130. The normalized spacial score (nSPS) is 13.6. The largest absolute Gasteiger partial charge is 0.311 e. The number of benzene rings is 10. The molecule has 0 bridgehead atoms. The molecule has 3 aliphatic rings. The minimum absolute atomic E-state index is 0.0321. The summed E-state index contributed by atoms with van der Waals surface area (Å²) in [5.74, 6) is 1.04. The van der Waals surface area contributed by atoms with Crippen molar-refractivity contribution in [2.45, 2.75) is 59.3 Å². The summed E-state index contributed by atoms with van der Waals surface area (Å²) < 4.78 is 13.1. The number of para-hydroxylation sites is 11. The van der Waals surface area contributed by atoms with E-state index in [-0.39, 0.29) is 13.4 Å². The molecule has 7 heterocycles. The van der Waals surface area contributed by atoms with Gasteiger partial charge in [-0.25, -0.2) is 0 Å². The van der Waals surface area contributed by atoms with E-state index >= 15 is 0 Å². The summed E-state index contributed by atoms with van der Waals surface area (Å²) in [6.07, 6.45) is 0. The van der Waals surface area contributed by atoms with E-state index < -0.39 is 0 Å². The van der Waals surface area contributed by atoms with Crippen LogP contribution in [-0.2, 0) is 0 Å². The van der Waals surface area contributed by atoms with Gasteiger partial charge in [-0.05, 0) is 141 Å². The van der Waals surface area contributed by atoms with Gasteiger partial charge in [0.1, 0.15) is 0 Å². The monoisotopic (exact) mass is 988 g/mol. The van der Waals surface area contributed by atoms with Crippen molar-refractivity contribution in [1.82, 2.24) is 22.3 Å². The fourth-order valence-electron chi connectivity index (χ4n) is 14.9. The zero-order valence-corrected chi connectivity index (χ0v) is 44.1. The van der Waals surface area contributed by atoms with E-state index in [1.165, 1.54) is 144 Å². The predicted octanol–water partition coefficient (Wildman–Crippen LogP) is 13.2. The molecular formula is C69H54B2N6. The molecule has 8 heteroatoms. The second-order valence-corrected chi connectivity index (χ2v) is 23.0. The molecule has 0 amide bonds. The van der Waals surface area contributed by atoms with Gasteiger partial charge in [0.05, 0.1) is 71.7 Å². The lowest BCUT2D eigenvalue weighted by Crippen LogP contribution is -2.64. The molecule has 0 fully saturated rings. The highest BCUT2D eigenvalue weighted by Gasteiger charge is 2.46. The molecular weight excluding hydrogens is 934 g/mol. The summed E-state index contributed by atoms with van der Waals surface area (Å²) in [4.78, 5) is 2.58. The number of hydrogen-bond acceptors (Lipinski definition) is 1. The average molecular weight is 989 g/mol. The van der Waals surface area contributed by atoms with Gasteiger partial charge in [0, 0.05) is 28.4 Å². The Morgan fingerprint density at radius 1 is 0.299 bits per heavy atom.